The van der Waals surface area contributed by atoms with Crippen LogP contribution in [0.3, 0.4) is 0 Å². The van der Waals surface area contributed by atoms with E-state index >= 15 is 0 Å². The van der Waals surface area contributed by atoms with Crippen molar-refractivity contribution >= 4 is 17.9 Å². The fraction of sp³-hybridized carbons (Fsp3) is 0.593. The molecule has 35 heavy (non-hydrogen) atoms. The molecule has 0 spiro atoms. The Morgan fingerprint density at radius 3 is 2.29 bits per heavy atom. The van der Waals surface area contributed by atoms with Gasteiger partial charge in [0, 0.05) is 17.6 Å². The molecule has 1 saturated carbocycles. The van der Waals surface area contributed by atoms with Gasteiger partial charge < -0.3 is 25.4 Å². The molecular weight excluding hydrogens is 446 g/mol. The van der Waals surface area contributed by atoms with Gasteiger partial charge >= 0.3 is 6.09 Å². The van der Waals surface area contributed by atoms with E-state index < -0.39 is 36.3 Å². The summed E-state index contributed by atoms with van der Waals surface area (Å²) in [5.41, 5.74) is 0.491. The van der Waals surface area contributed by atoms with Crippen LogP contribution in [0.4, 0.5) is 4.79 Å². The first-order valence-electron chi connectivity index (χ1n) is 12.2. The molecule has 0 aliphatic heterocycles. The van der Waals surface area contributed by atoms with E-state index in [1.165, 1.54) is 4.90 Å². The Bertz CT molecular complexity index is 932. The number of ether oxygens (including phenoxy) is 1. The van der Waals surface area contributed by atoms with Crippen LogP contribution in [0.5, 0.6) is 0 Å². The Morgan fingerprint density at radius 2 is 1.83 bits per heavy atom. The minimum atomic E-state index is -1.26. The van der Waals surface area contributed by atoms with E-state index in [0.717, 1.165) is 12.8 Å². The number of terminal acetylenes is 1. The smallest absolute Gasteiger partial charge is 0.408 e. The standard InChI is InChI=1S/C27H39N3O5/c1-8-10-18(4)28-24(32)23(20-13-11-19(9-2)12-14-20)30(22-15-17(22)3)25(33)21(16-31)29-26(34)35-27(5,6)7/h2,11-14,17-18,21-23,31H,8,10,15-16H2,1,3-7H3,(H,28,32)(H,29,34). The van der Waals surface area contributed by atoms with Gasteiger partial charge in [-0.15, -0.1) is 6.42 Å². The van der Waals surface area contributed by atoms with Crippen molar-refractivity contribution in [2.24, 2.45) is 5.92 Å². The molecule has 0 radical (unpaired) electrons. The Labute approximate surface area is 208 Å². The lowest BCUT2D eigenvalue weighted by Crippen LogP contribution is -2.55. The number of nitrogens with zero attached hydrogens (tertiary/aromatic N) is 1. The van der Waals surface area contributed by atoms with Gasteiger partial charge in [0.2, 0.25) is 11.8 Å². The van der Waals surface area contributed by atoms with Crippen LogP contribution in [0.2, 0.25) is 0 Å². The Morgan fingerprint density at radius 1 is 1.23 bits per heavy atom. The molecule has 5 atom stereocenters. The molecule has 3 N–H and O–H groups in total. The van der Waals surface area contributed by atoms with Crippen LogP contribution in [0.1, 0.15) is 78.0 Å². The first-order valence-corrected chi connectivity index (χ1v) is 12.2. The summed E-state index contributed by atoms with van der Waals surface area (Å²) in [6.45, 7) is 10.4. The molecule has 5 unspecified atom stereocenters. The van der Waals surface area contributed by atoms with Gasteiger partial charge in [0.15, 0.2) is 0 Å². The summed E-state index contributed by atoms with van der Waals surface area (Å²) >= 11 is 0. The minimum Gasteiger partial charge on any atom is -0.444 e. The molecule has 3 amide bonds. The highest BCUT2D eigenvalue weighted by Gasteiger charge is 2.48. The highest BCUT2D eigenvalue weighted by atomic mass is 16.6. The van der Waals surface area contributed by atoms with Crippen molar-refractivity contribution in [1.82, 2.24) is 15.5 Å². The fourth-order valence-corrected chi connectivity index (χ4v) is 4.01. The number of aliphatic hydroxyl groups is 1. The zero-order valence-electron chi connectivity index (χ0n) is 21.6. The van der Waals surface area contributed by atoms with Gasteiger partial charge in [-0.1, -0.05) is 38.3 Å². The summed E-state index contributed by atoms with van der Waals surface area (Å²) in [5.74, 6) is 1.87. The minimum absolute atomic E-state index is 0.0814. The Hall–Kier alpha value is -3.05. The van der Waals surface area contributed by atoms with Crippen molar-refractivity contribution < 1.29 is 24.2 Å². The first-order chi connectivity index (χ1) is 16.4. The summed E-state index contributed by atoms with van der Waals surface area (Å²) in [7, 11) is 0. The van der Waals surface area contributed by atoms with E-state index in [4.69, 9.17) is 11.2 Å². The largest absolute Gasteiger partial charge is 0.444 e. The molecule has 1 fully saturated rings. The number of benzene rings is 1. The van der Waals surface area contributed by atoms with Gasteiger partial charge in [0.25, 0.3) is 0 Å². The van der Waals surface area contributed by atoms with E-state index in [1.807, 2.05) is 20.8 Å². The van der Waals surface area contributed by atoms with Crippen molar-refractivity contribution in [1.29, 1.82) is 0 Å². The van der Waals surface area contributed by atoms with Crippen molar-refractivity contribution in [3.05, 3.63) is 35.4 Å². The predicted octanol–water partition coefficient (Wildman–Crippen LogP) is 3.14. The Balaban J connectivity index is 2.43. The van der Waals surface area contributed by atoms with Crippen LogP contribution in [0, 0.1) is 18.3 Å². The zero-order chi connectivity index (χ0) is 26.3. The summed E-state index contributed by atoms with van der Waals surface area (Å²) in [5, 5.41) is 15.5. The van der Waals surface area contributed by atoms with E-state index in [0.29, 0.717) is 17.5 Å². The molecule has 1 aliphatic carbocycles. The van der Waals surface area contributed by atoms with Crippen molar-refractivity contribution in [3.8, 4) is 12.3 Å². The third kappa shape index (κ3) is 8.00. The van der Waals surface area contributed by atoms with Crippen molar-refractivity contribution in [2.75, 3.05) is 6.61 Å². The number of nitrogens with one attached hydrogen (secondary N) is 2. The van der Waals surface area contributed by atoms with Crippen LogP contribution in [-0.2, 0) is 14.3 Å². The summed E-state index contributed by atoms with van der Waals surface area (Å²) in [6.07, 6.45) is 7.09. The molecule has 0 saturated heterocycles. The number of amides is 3. The maximum atomic E-state index is 13.7. The average molecular weight is 486 g/mol. The third-order valence-electron chi connectivity index (χ3n) is 5.88. The van der Waals surface area contributed by atoms with E-state index in [2.05, 4.69) is 16.6 Å². The lowest BCUT2D eigenvalue weighted by atomic mass is 10.00. The number of carbonyl (C=O) groups is 3. The van der Waals surface area contributed by atoms with Crippen molar-refractivity contribution in [3.63, 3.8) is 0 Å². The SMILES string of the molecule is C#Cc1ccc(C(C(=O)NC(C)CCC)N(C(=O)C(CO)NC(=O)OC(C)(C)C)C2CC2C)cc1. The van der Waals surface area contributed by atoms with Gasteiger partial charge in [-0.05, 0) is 64.2 Å². The number of aliphatic hydroxyl groups excluding tert-OH is 1. The van der Waals surface area contributed by atoms with Crippen LogP contribution < -0.4 is 10.6 Å². The van der Waals surface area contributed by atoms with Gasteiger partial charge in [-0.25, -0.2) is 4.79 Å². The first kappa shape index (κ1) is 28.2. The maximum absolute atomic E-state index is 13.7. The second-order valence-electron chi connectivity index (χ2n) is 10.3. The quantitative estimate of drug-likeness (QED) is 0.441. The predicted molar refractivity (Wildman–Crippen MR) is 134 cm³/mol. The van der Waals surface area contributed by atoms with Crippen LogP contribution in [0.25, 0.3) is 0 Å². The highest BCUT2D eigenvalue weighted by molar-refractivity contribution is 5.92. The average Bonchev–Trinajstić information content (AvgIpc) is 3.49. The molecule has 8 heteroatoms. The summed E-state index contributed by atoms with van der Waals surface area (Å²) in [6, 6.07) is 4.45. The monoisotopic (exact) mass is 485 g/mol. The lowest BCUT2D eigenvalue weighted by Gasteiger charge is -2.35. The number of alkyl carbamates (subject to hydrolysis) is 1. The fourth-order valence-electron chi connectivity index (χ4n) is 4.01. The number of rotatable bonds is 10. The van der Waals surface area contributed by atoms with Crippen LogP contribution in [-0.4, -0.2) is 58.2 Å². The maximum Gasteiger partial charge on any atom is 0.408 e. The normalized spacial score (nSPS) is 19.5. The molecule has 1 aromatic carbocycles. The topological polar surface area (TPSA) is 108 Å². The second-order valence-corrected chi connectivity index (χ2v) is 10.3. The number of hydrogen-bond donors (Lipinski definition) is 3. The molecule has 8 nitrogen and oxygen atoms in total. The molecule has 0 aromatic heterocycles. The molecule has 2 rings (SSSR count). The summed E-state index contributed by atoms with van der Waals surface area (Å²) < 4.78 is 5.26. The molecule has 192 valence electrons. The van der Waals surface area contributed by atoms with E-state index in [1.54, 1.807) is 45.0 Å². The van der Waals surface area contributed by atoms with Gasteiger partial charge in [0.05, 0.1) is 6.61 Å². The number of hydrogen-bond acceptors (Lipinski definition) is 5. The van der Waals surface area contributed by atoms with Crippen LogP contribution in [0.15, 0.2) is 24.3 Å². The van der Waals surface area contributed by atoms with Gasteiger partial charge in [-0.3, -0.25) is 9.59 Å². The number of carbonyl (C=O) groups excluding carboxylic acids is 3. The molecule has 0 heterocycles. The molecule has 1 aliphatic rings. The van der Waals surface area contributed by atoms with E-state index in [-0.39, 0.29) is 23.9 Å². The van der Waals surface area contributed by atoms with Crippen molar-refractivity contribution in [2.45, 2.75) is 90.6 Å². The third-order valence-corrected chi connectivity index (χ3v) is 5.88. The summed E-state index contributed by atoms with van der Waals surface area (Å²) in [4.78, 5) is 41.2. The second kappa shape index (κ2) is 12.1. The van der Waals surface area contributed by atoms with E-state index in [9.17, 15) is 19.5 Å². The van der Waals surface area contributed by atoms with Gasteiger partial charge in [0.1, 0.15) is 17.7 Å². The van der Waals surface area contributed by atoms with Crippen LogP contribution >= 0.6 is 0 Å². The van der Waals surface area contributed by atoms with Gasteiger partial charge in [-0.2, -0.15) is 0 Å². The molecule has 1 aromatic rings. The Kier molecular flexibility index (Phi) is 9.73. The lowest BCUT2D eigenvalue weighted by molar-refractivity contribution is -0.144. The molecular formula is C27H39N3O5. The zero-order valence-corrected chi connectivity index (χ0v) is 21.6. The highest BCUT2D eigenvalue weighted by Crippen LogP contribution is 2.40. The molecule has 0 bridgehead atoms.